The number of aromatic nitrogens is 2. The highest BCUT2D eigenvalue weighted by molar-refractivity contribution is 5.35. The molecule has 1 atom stereocenters. The minimum Gasteiger partial charge on any atom is -0.373 e. The number of hydrogen-bond donors (Lipinski definition) is 1. The molecule has 102 valence electrons. The first-order chi connectivity index (χ1) is 8.60. The molecule has 0 bridgehead atoms. The summed E-state index contributed by atoms with van der Waals surface area (Å²) in [6, 6.07) is 2.02. The number of nitrogens with zero attached hydrogens (tertiary/aromatic N) is 2. The second-order valence-electron chi connectivity index (χ2n) is 4.96. The summed E-state index contributed by atoms with van der Waals surface area (Å²) in [5.41, 5.74) is 1.08. The molecular formula is C14H25N3O. The van der Waals surface area contributed by atoms with Gasteiger partial charge in [0, 0.05) is 25.9 Å². The Morgan fingerprint density at radius 1 is 1.33 bits per heavy atom. The predicted molar refractivity (Wildman–Crippen MR) is 74.8 cm³/mol. The summed E-state index contributed by atoms with van der Waals surface area (Å²) in [4.78, 5) is 9.14. The van der Waals surface area contributed by atoms with Gasteiger partial charge in [-0.05, 0) is 18.8 Å². The summed E-state index contributed by atoms with van der Waals surface area (Å²) in [5, 5.41) is 3.10. The fraction of sp³-hybridized carbons (Fsp3) is 0.714. The molecule has 1 rings (SSSR count). The van der Waals surface area contributed by atoms with E-state index in [1.165, 1.54) is 0 Å². The molecular weight excluding hydrogens is 226 g/mol. The van der Waals surface area contributed by atoms with Gasteiger partial charge in [-0.25, -0.2) is 9.97 Å². The summed E-state index contributed by atoms with van der Waals surface area (Å²) in [5.74, 6) is 2.25. The van der Waals surface area contributed by atoms with E-state index < -0.39 is 0 Å². The highest BCUT2D eigenvalue weighted by Crippen LogP contribution is 2.21. The minimum atomic E-state index is -0.00536. The van der Waals surface area contributed by atoms with Crippen molar-refractivity contribution in [3.63, 3.8) is 0 Å². The van der Waals surface area contributed by atoms with Gasteiger partial charge in [-0.2, -0.15) is 0 Å². The molecule has 18 heavy (non-hydrogen) atoms. The molecule has 0 saturated carbocycles. The highest BCUT2D eigenvalue weighted by atomic mass is 16.5. The van der Waals surface area contributed by atoms with Gasteiger partial charge < -0.3 is 10.1 Å². The molecule has 1 unspecified atom stereocenters. The van der Waals surface area contributed by atoms with Gasteiger partial charge in [0.1, 0.15) is 11.9 Å². The lowest BCUT2D eigenvalue weighted by molar-refractivity contribution is 0.0875. The number of nitrogens with one attached hydrogen (secondary N) is 1. The van der Waals surface area contributed by atoms with E-state index in [-0.39, 0.29) is 6.10 Å². The van der Waals surface area contributed by atoms with Crippen molar-refractivity contribution in [3.05, 3.63) is 17.6 Å². The van der Waals surface area contributed by atoms with Gasteiger partial charge in [0.2, 0.25) is 0 Å². The van der Waals surface area contributed by atoms with E-state index in [0.29, 0.717) is 5.92 Å². The molecule has 4 heteroatoms. The monoisotopic (exact) mass is 251 g/mol. The quantitative estimate of drug-likeness (QED) is 0.808. The molecule has 1 aromatic rings. The van der Waals surface area contributed by atoms with Crippen LogP contribution in [-0.2, 0) is 11.2 Å². The van der Waals surface area contributed by atoms with Crippen molar-refractivity contribution in [2.75, 3.05) is 19.5 Å². The molecule has 0 spiro atoms. The van der Waals surface area contributed by atoms with Crippen LogP contribution in [-0.4, -0.2) is 24.1 Å². The Kier molecular flexibility index (Phi) is 6.05. The first-order valence-electron chi connectivity index (χ1n) is 6.69. The summed E-state index contributed by atoms with van der Waals surface area (Å²) >= 11 is 0. The van der Waals surface area contributed by atoms with E-state index in [2.05, 4.69) is 36.1 Å². The first kappa shape index (κ1) is 14.9. The van der Waals surface area contributed by atoms with Crippen LogP contribution in [0.3, 0.4) is 0 Å². The zero-order valence-corrected chi connectivity index (χ0v) is 12.2. The zero-order chi connectivity index (χ0) is 13.5. The lowest BCUT2D eigenvalue weighted by Crippen LogP contribution is -2.11. The molecule has 0 aliphatic heterocycles. The summed E-state index contributed by atoms with van der Waals surface area (Å²) in [6.45, 7) is 6.53. The molecule has 0 aliphatic rings. The third kappa shape index (κ3) is 4.26. The Morgan fingerprint density at radius 2 is 2.06 bits per heavy atom. The van der Waals surface area contributed by atoms with Crippen LogP contribution in [0.15, 0.2) is 6.07 Å². The van der Waals surface area contributed by atoms with Gasteiger partial charge in [-0.1, -0.05) is 27.2 Å². The zero-order valence-electron chi connectivity index (χ0n) is 12.2. The minimum absolute atomic E-state index is 0.00536. The van der Waals surface area contributed by atoms with Gasteiger partial charge >= 0.3 is 0 Å². The Labute approximate surface area is 110 Å². The number of hydrogen-bond acceptors (Lipinski definition) is 4. The van der Waals surface area contributed by atoms with Crippen LogP contribution in [0.4, 0.5) is 5.82 Å². The average Bonchev–Trinajstić information content (AvgIpc) is 2.34. The molecule has 0 fully saturated rings. The predicted octanol–water partition coefficient (Wildman–Crippen LogP) is 3.20. The largest absolute Gasteiger partial charge is 0.373 e. The number of ether oxygens (including phenoxy) is 1. The second-order valence-corrected chi connectivity index (χ2v) is 4.96. The van der Waals surface area contributed by atoms with Crippen molar-refractivity contribution in [2.24, 2.45) is 5.92 Å². The van der Waals surface area contributed by atoms with Gasteiger partial charge in [0.15, 0.2) is 5.82 Å². The summed E-state index contributed by atoms with van der Waals surface area (Å²) < 4.78 is 5.48. The SMILES string of the molecule is CCCC(OC)c1nc(CC(C)C)cc(NC)n1. The highest BCUT2D eigenvalue weighted by Gasteiger charge is 2.15. The third-order valence-electron chi connectivity index (χ3n) is 2.79. The molecule has 4 nitrogen and oxygen atoms in total. The van der Waals surface area contributed by atoms with Crippen molar-refractivity contribution in [1.82, 2.24) is 9.97 Å². The fourth-order valence-electron chi connectivity index (χ4n) is 1.93. The standard InChI is InChI=1S/C14H25N3O/c1-6-7-12(18-5)14-16-11(8-10(2)3)9-13(15-4)17-14/h9-10,12H,6-8H2,1-5H3,(H,15,16,17). The van der Waals surface area contributed by atoms with Crippen LogP contribution < -0.4 is 5.32 Å². The van der Waals surface area contributed by atoms with Gasteiger partial charge in [0.05, 0.1) is 0 Å². The van der Waals surface area contributed by atoms with Crippen molar-refractivity contribution in [1.29, 1.82) is 0 Å². The van der Waals surface area contributed by atoms with E-state index >= 15 is 0 Å². The summed E-state index contributed by atoms with van der Waals surface area (Å²) in [7, 11) is 3.60. The molecule has 0 radical (unpaired) electrons. The molecule has 1 aromatic heterocycles. The third-order valence-corrected chi connectivity index (χ3v) is 2.79. The van der Waals surface area contributed by atoms with Crippen molar-refractivity contribution in [3.8, 4) is 0 Å². The summed E-state index contributed by atoms with van der Waals surface area (Å²) in [6.07, 6.45) is 2.97. The first-order valence-corrected chi connectivity index (χ1v) is 6.69. The number of methoxy groups -OCH3 is 1. The molecule has 0 saturated heterocycles. The normalized spacial score (nSPS) is 12.8. The van der Waals surface area contributed by atoms with Gasteiger partial charge in [-0.3, -0.25) is 0 Å². The van der Waals surface area contributed by atoms with Gasteiger partial charge in [-0.15, -0.1) is 0 Å². The average molecular weight is 251 g/mol. The lowest BCUT2D eigenvalue weighted by atomic mass is 10.1. The molecule has 1 N–H and O–H groups in total. The molecule has 0 amide bonds. The number of rotatable bonds is 7. The van der Waals surface area contributed by atoms with Crippen molar-refractivity contribution in [2.45, 2.75) is 46.1 Å². The maximum atomic E-state index is 5.48. The topological polar surface area (TPSA) is 47.0 Å². The van der Waals surface area contributed by atoms with Crippen LogP contribution in [0.2, 0.25) is 0 Å². The Balaban J connectivity index is 3.01. The second kappa shape index (κ2) is 7.31. The Morgan fingerprint density at radius 3 is 2.56 bits per heavy atom. The maximum absolute atomic E-state index is 5.48. The van der Waals surface area contributed by atoms with E-state index in [4.69, 9.17) is 4.74 Å². The van der Waals surface area contributed by atoms with Crippen LogP contribution in [0, 0.1) is 5.92 Å². The van der Waals surface area contributed by atoms with Crippen LogP contribution >= 0.6 is 0 Å². The van der Waals surface area contributed by atoms with E-state index in [1.54, 1.807) is 7.11 Å². The molecule has 0 aliphatic carbocycles. The lowest BCUT2D eigenvalue weighted by Gasteiger charge is -2.16. The Hall–Kier alpha value is -1.16. The smallest absolute Gasteiger partial charge is 0.159 e. The van der Waals surface area contributed by atoms with E-state index in [0.717, 1.165) is 36.6 Å². The molecule has 0 aromatic carbocycles. The molecule has 1 heterocycles. The van der Waals surface area contributed by atoms with Crippen molar-refractivity contribution >= 4 is 5.82 Å². The van der Waals surface area contributed by atoms with E-state index in [1.807, 2.05) is 13.1 Å². The Bertz CT molecular complexity index is 366. The van der Waals surface area contributed by atoms with Crippen LogP contribution in [0.25, 0.3) is 0 Å². The van der Waals surface area contributed by atoms with Crippen molar-refractivity contribution < 1.29 is 4.74 Å². The van der Waals surface area contributed by atoms with Gasteiger partial charge in [0.25, 0.3) is 0 Å². The number of anilines is 1. The van der Waals surface area contributed by atoms with E-state index in [9.17, 15) is 0 Å². The van der Waals surface area contributed by atoms with Crippen LogP contribution in [0.5, 0.6) is 0 Å². The fourth-order valence-corrected chi connectivity index (χ4v) is 1.93. The van der Waals surface area contributed by atoms with Crippen LogP contribution in [0.1, 0.15) is 51.2 Å². The maximum Gasteiger partial charge on any atom is 0.159 e.